The van der Waals surface area contributed by atoms with E-state index in [0.29, 0.717) is 48.9 Å². The molecule has 1 aliphatic heterocycles. The SMILES string of the molecule is COc1ccc(N2CCCN(CC(=O)NC3C4CC5CC3CC(C(N)=O)(C5)C4)S2(=O)=O)c(OC)c1. The number of primary amides is 1. The van der Waals surface area contributed by atoms with Gasteiger partial charge in [-0.05, 0) is 68.4 Å². The van der Waals surface area contributed by atoms with Crippen LogP contribution in [-0.4, -0.2) is 64.4 Å². The second-order valence-corrected chi connectivity index (χ2v) is 12.4. The number of benzene rings is 1. The number of nitrogens with zero attached hydrogens (tertiary/aromatic N) is 2. The third kappa shape index (κ3) is 4.12. The normalized spacial score (nSPS) is 33.4. The van der Waals surface area contributed by atoms with Crippen LogP contribution < -0.4 is 24.8 Å². The van der Waals surface area contributed by atoms with Crippen molar-refractivity contribution < 1.29 is 27.5 Å². The number of methoxy groups -OCH3 is 2. The zero-order valence-corrected chi connectivity index (χ0v) is 21.1. The summed E-state index contributed by atoms with van der Waals surface area (Å²) in [5.74, 6) is 1.36. The van der Waals surface area contributed by atoms with Crippen LogP contribution in [0.25, 0.3) is 0 Å². The molecule has 2 amide bonds. The smallest absolute Gasteiger partial charge is 0.304 e. The Morgan fingerprint density at radius 3 is 2.46 bits per heavy atom. The van der Waals surface area contributed by atoms with Crippen LogP contribution in [0.4, 0.5) is 5.69 Å². The second kappa shape index (κ2) is 8.85. The van der Waals surface area contributed by atoms with Gasteiger partial charge in [0.1, 0.15) is 11.5 Å². The van der Waals surface area contributed by atoms with Gasteiger partial charge in [0.05, 0.1) is 26.5 Å². The average Bonchev–Trinajstić information content (AvgIpc) is 2.81. The summed E-state index contributed by atoms with van der Waals surface area (Å²) in [5.41, 5.74) is 5.76. The number of nitrogens with one attached hydrogen (secondary N) is 1. The van der Waals surface area contributed by atoms with Gasteiger partial charge in [-0.3, -0.25) is 13.9 Å². The van der Waals surface area contributed by atoms with E-state index in [4.69, 9.17) is 15.2 Å². The number of rotatable bonds is 7. The summed E-state index contributed by atoms with van der Waals surface area (Å²) in [7, 11) is -0.912. The topological polar surface area (TPSA) is 131 Å². The predicted molar refractivity (Wildman–Crippen MR) is 129 cm³/mol. The van der Waals surface area contributed by atoms with E-state index < -0.39 is 15.6 Å². The lowest BCUT2D eigenvalue weighted by Gasteiger charge is -2.58. The van der Waals surface area contributed by atoms with E-state index in [1.807, 2.05) is 0 Å². The van der Waals surface area contributed by atoms with Gasteiger partial charge in [0.15, 0.2) is 0 Å². The summed E-state index contributed by atoms with van der Waals surface area (Å²) in [5, 5.41) is 3.14. The molecule has 4 bridgehead atoms. The van der Waals surface area contributed by atoms with E-state index in [1.54, 1.807) is 18.2 Å². The molecule has 5 aliphatic rings. The summed E-state index contributed by atoms with van der Waals surface area (Å²) in [4.78, 5) is 25.3. The summed E-state index contributed by atoms with van der Waals surface area (Å²) in [6, 6.07) is 4.95. The molecular formula is C24H34N4O6S. The minimum absolute atomic E-state index is 0.0307. The Bertz CT molecular complexity index is 1110. The van der Waals surface area contributed by atoms with Crippen molar-refractivity contribution in [3.8, 4) is 11.5 Å². The molecule has 35 heavy (non-hydrogen) atoms. The first-order chi connectivity index (χ1) is 16.7. The van der Waals surface area contributed by atoms with Gasteiger partial charge >= 0.3 is 10.2 Å². The zero-order valence-electron chi connectivity index (χ0n) is 20.2. The first-order valence-corrected chi connectivity index (χ1v) is 13.7. The highest BCUT2D eigenvalue weighted by Crippen LogP contribution is 2.59. The number of anilines is 1. The van der Waals surface area contributed by atoms with Crippen LogP contribution in [0, 0.1) is 23.2 Å². The molecule has 5 fully saturated rings. The first kappa shape index (κ1) is 24.2. The van der Waals surface area contributed by atoms with Crippen molar-refractivity contribution >= 4 is 27.7 Å². The van der Waals surface area contributed by atoms with E-state index in [0.717, 1.165) is 19.3 Å². The highest BCUT2D eigenvalue weighted by Gasteiger charge is 2.58. The fraction of sp³-hybridized carbons (Fsp3) is 0.667. The molecule has 0 radical (unpaired) electrons. The molecule has 11 heteroatoms. The first-order valence-electron chi connectivity index (χ1n) is 12.3. The van der Waals surface area contributed by atoms with Gasteiger partial charge in [0, 0.05) is 30.6 Å². The van der Waals surface area contributed by atoms with Crippen LogP contribution in [0.2, 0.25) is 0 Å². The van der Waals surface area contributed by atoms with Gasteiger partial charge < -0.3 is 20.5 Å². The largest absolute Gasteiger partial charge is 0.497 e. The molecule has 1 aromatic rings. The number of carbonyl (C=O) groups is 2. The van der Waals surface area contributed by atoms with Gasteiger partial charge in [-0.2, -0.15) is 12.7 Å². The predicted octanol–water partition coefficient (Wildman–Crippen LogP) is 1.26. The number of carbonyl (C=O) groups excluding carboxylic acids is 2. The van der Waals surface area contributed by atoms with Crippen LogP contribution in [0.3, 0.4) is 0 Å². The molecule has 1 saturated heterocycles. The average molecular weight is 507 g/mol. The summed E-state index contributed by atoms with van der Waals surface area (Å²) < 4.78 is 40.1. The van der Waals surface area contributed by atoms with Gasteiger partial charge in [-0.25, -0.2) is 0 Å². The molecule has 4 aliphatic carbocycles. The Kier molecular flexibility index (Phi) is 6.11. The van der Waals surface area contributed by atoms with E-state index in [9.17, 15) is 18.0 Å². The van der Waals surface area contributed by atoms with Gasteiger partial charge in [-0.15, -0.1) is 0 Å². The monoisotopic (exact) mass is 506 g/mol. The lowest BCUT2D eigenvalue weighted by Crippen LogP contribution is -2.63. The molecule has 10 nitrogen and oxygen atoms in total. The fourth-order valence-corrected chi connectivity index (χ4v) is 8.79. The molecule has 192 valence electrons. The minimum Gasteiger partial charge on any atom is -0.497 e. The van der Waals surface area contributed by atoms with Crippen molar-refractivity contribution in [1.29, 1.82) is 0 Å². The maximum absolute atomic E-state index is 13.5. The highest BCUT2D eigenvalue weighted by molar-refractivity contribution is 7.90. The van der Waals surface area contributed by atoms with E-state index in [1.165, 1.54) is 22.8 Å². The second-order valence-electron chi connectivity index (χ2n) is 10.5. The van der Waals surface area contributed by atoms with Crippen molar-refractivity contribution in [2.75, 3.05) is 38.2 Å². The van der Waals surface area contributed by atoms with Crippen molar-refractivity contribution in [2.45, 2.75) is 44.6 Å². The van der Waals surface area contributed by atoms with Crippen molar-refractivity contribution in [3.63, 3.8) is 0 Å². The standard InChI is InChI=1S/C24H34N4O6S/c1-33-18-4-5-19(20(10-18)34-2)28-7-3-6-27(35(28,31)32)14-21(29)26-22-16-8-15-9-17(22)13-24(11-15,12-16)23(25)30/h4-5,10,15-17,22H,3,6-9,11-14H2,1-2H3,(H2,25,30)(H,26,29). The molecule has 0 aromatic heterocycles. The van der Waals surface area contributed by atoms with Crippen LogP contribution in [0.5, 0.6) is 11.5 Å². The number of ether oxygens (including phenoxy) is 2. The quantitative estimate of drug-likeness (QED) is 0.572. The third-order valence-electron chi connectivity index (χ3n) is 8.47. The molecular weight excluding hydrogens is 472 g/mol. The molecule has 1 heterocycles. The van der Waals surface area contributed by atoms with Gasteiger partial charge in [-0.1, -0.05) is 0 Å². The molecule has 4 saturated carbocycles. The van der Waals surface area contributed by atoms with Crippen molar-refractivity contribution in [2.24, 2.45) is 28.9 Å². The zero-order chi connectivity index (χ0) is 25.0. The van der Waals surface area contributed by atoms with Crippen LogP contribution >= 0.6 is 0 Å². The number of hydrogen-bond acceptors (Lipinski definition) is 6. The highest BCUT2D eigenvalue weighted by atomic mass is 32.2. The number of amides is 2. The summed E-state index contributed by atoms with van der Waals surface area (Å²) in [6.07, 6.45) is 4.86. The lowest BCUT2D eigenvalue weighted by molar-refractivity contribution is -0.147. The Balaban J connectivity index is 1.29. The number of hydrogen-bond donors (Lipinski definition) is 2. The maximum Gasteiger partial charge on any atom is 0.304 e. The van der Waals surface area contributed by atoms with Crippen LogP contribution in [0.15, 0.2) is 18.2 Å². The fourth-order valence-electron chi connectivity index (χ4n) is 7.11. The summed E-state index contributed by atoms with van der Waals surface area (Å²) in [6.45, 7) is 0.333. The maximum atomic E-state index is 13.5. The van der Waals surface area contributed by atoms with E-state index >= 15 is 0 Å². The molecule has 6 rings (SSSR count). The lowest BCUT2D eigenvalue weighted by atomic mass is 9.47. The van der Waals surface area contributed by atoms with Gasteiger partial charge in [0.2, 0.25) is 11.8 Å². The molecule has 3 N–H and O–H groups in total. The van der Waals surface area contributed by atoms with Crippen LogP contribution in [0.1, 0.15) is 38.5 Å². The minimum atomic E-state index is -3.92. The van der Waals surface area contributed by atoms with E-state index in [-0.39, 0.29) is 42.8 Å². The molecule has 0 spiro atoms. The molecule has 2 unspecified atom stereocenters. The Morgan fingerprint density at radius 2 is 1.83 bits per heavy atom. The third-order valence-corrected chi connectivity index (χ3v) is 10.4. The van der Waals surface area contributed by atoms with Crippen molar-refractivity contribution in [1.82, 2.24) is 9.62 Å². The Morgan fingerprint density at radius 1 is 1.11 bits per heavy atom. The molecule has 1 aromatic carbocycles. The van der Waals surface area contributed by atoms with Crippen molar-refractivity contribution in [3.05, 3.63) is 18.2 Å². The van der Waals surface area contributed by atoms with Crippen LogP contribution in [-0.2, 0) is 19.8 Å². The number of nitrogens with two attached hydrogens (primary N) is 1. The van der Waals surface area contributed by atoms with Gasteiger partial charge in [0.25, 0.3) is 0 Å². The molecule has 2 atom stereocenters. The van der Waals surface area contributed by atoms with E-state index in [2.05, 4.69) is 5.32 Å². The summed E-state index contributed by atoms with van der Waals surface area (Å²) >= 11 is 0. The Labute approximate surface area is 206 Å². The Hall–Kier alpha value is -2.53.